The Morgan fingerprint density at radius 3 is 2.36 bits per heavy atom. The van der Waals surface area contributed by atoms with E-state index in [1.807, 2.05) is 57.2 Å². The van der Waals surface area contributed by atoms with Crippen molar-refractivity contribution in [1.29, 1.82) is 0 Å². The number of halogens is 3. The van der Waals surface area contributed by atoms with Gasteiger partial charge in [0.1, 0.15) is 0 Å². The van der Waals surface area contributed by atoms with Gasteiger partial charge in [0.25, 0.3) is 0 Å². The van der Waals surface area contributed by atoms with Crippen LogP contribution in [0.25, 0.3) is 11.3 Å². The van der Waals surface area contributed by atoms with Gasteiger partial charge in [0.15, 0.2) is 0 Å². The van der Waals surface area contributed by atoms with Crippen molar-refractivity contribution < 1.29 is 18.0 Å². The van der Waals surface area contributed by atoms with Crippen molar-refractivity contribution in [3.05, 3.63) is 48.2 Å². The average molecular weight is 395 g/mol. The second-order valence-corrected chi connectivity index (χ2v) is 6.11. The van der Waals surface area contributed by atoms with E-state index in [-0.39, 0.29) is 0 Å². The predicted molar refractivity (Wildman–Crippen MR) is 107 cm³/mol. The van der Waals surface area contributed by atoms with Gasteiger partial charge >= 0.3 is 6.18 Å². The number of aromatic nitrogens is 1. The molecule has 0 unspecified atom stereocenters. The van der Waals surface area contributed by atoms with Crippen LogP contribution in [0.2, 0.25) is 0 Å². The van der Waals surface area contributed by atoms with Gasteiger partial charge in [-0.15, -0.1) is 0 Å². The number of amides is 1. The molecule has 0 saturated carbocycles. The lowest BCUT2D eigenvalue weighted by molar-refractivity contribution is -0.143. The predicted octanol–water partition coefficient (Wildman–Crippen LogP) is 5.30. The van der Waals surface area contributed by atoms with E-state index >= 15 is 0 Å². The van der Waals surface area contributed by atoms with Gasteiger partial charge in [-0.05, 0) is 62.7 Å². The lowest BCUT2D eigenvalue weighted by Gasteiger charge is -2.16. The molecule has 1 aliphatic rings. The van der Waals surface area contributed by atoms with Crippen LogP contribution in [-0.2, 0) is 4.79 Å². The fourth-order valence-corrected chi connectivity index (χ4v) is 2.77. The largest absolute Gasteiger partial charge is 0.401 e. The van der Waals surface area contributed by atoms with Gasteiger partial charge in [0.2, 0.25) is 6.41 Å². The SMILES string of the molecule is CC.Cc1ccc(NC=O)cc1-c1ccccn1.FC(F)(F)CN1CCCC1. The Kier molecular flexibility index (Phi) is 10.2. The summed E-state index contributed by atoms with van der Waals surface area (Å²) in [5, 5.41) is 2.64. The number of likely N-dealkylation sites (tertiary alicyclic amines) is 1. The number of aryl methyl sites for hydroxylation is 1. The standard InChI is InChI=1S/C13H12N2O.C6H10F3N.C2H6/c1-10-5-6-11(15-9-16)8-12(10)13-4-2-3-7-14-13;7-6(8,9)5-10-3-1-2-4-10;1-2/h2-9H,1H3,(H,15,16);1-5H2;1-2H3. The van der Waals surface area contributed by atoms with Gasteiger partial charge in [-0.1, -0.05) is 26.0 Å². The summed E-state index contributed by atoms with van der Waals surface area (Å²) >= 11 is 0. The van der Waals surface area contributed by atoms with Crippen molar-refractivity contribution in [2.24, 2.45) is 0 Å². The number of anilines is 1. The molecule has 1 N–H and O–H groups in total. The normalized spacial score (nSPS) is 13.6. The molecule has 1 saturated heterocycles. The van der Waals surface area contributed by atoms with E-state index in [1.165, 1.54) is 4.90 Å². The van der Waals surface area contributed by atoms with Crippen LogP contribution in [0, 0.1) is 6.92 Å². The number of hydrogen-bond acceptors (Lipinski definition) is 3. The van der Waals surface area contributed by atoms with Crippen LogP contribution in [0.3, 0.4) is 0 Å². The molecule has 0 bridgehead atoms. The topological polar surface area (TPSA) is 45.2 Å². The van der Waals surface area contributed by atoms with Crippen LogP contribution in [0.1, 0.15) is 32.3 Å². The summed E-state index contributed by atoms with van der Waals surface area (Å²) in [7, 11) is 0. The van der Waals surface area contributed by atoms with Crippen molar-refractivity contribution in [3.8, 4) is 11.3 Å². The molecular formula is C21H28F3N3O. The Labute approximate surface area is 164 Å². The Balaban J connectivity index is 0.000000281. The third-order valence-corrected chi connectivity index (χ3v) is 4.01. The Bertz CT molecular complexity index is 700. The monoisotopic (exact) mass is 395 g/mol. The molecule has 1 amide bonds. The van der Waals surface area contributed by atoms with E-state index in [4.69, 9.17) is 0 Å². The molecule has 1 aromatic heterocycles. The van der Waals surface area contributed by atoms with Crippen molar-refractivity contribution in [3.63, 3.8) is 0 Å². The Morgan fingerprint density at radius 2 is 1.82 bits per heavy atom. The molecule has 0 spiro atoms. The number of pyridine rings is 1. The van der Waals surface area contributed by atoms with E-state index in [2.05, 4.69) is 10.3 Å². The Hall–Kier alpha value is -2.41. The van der Waals surface area contributed by atoms with Crippen LogP contribution in [0.4, 0.5) is 18.9 Å². The summed E-state index contributed by atoms with van der Waals surface area (Å²) in [6.07, 6.45) is 0.248. The lowest BCUT2D eigenvalue weighted by Crippen LogP contribution is -2.31. The molecule has 1 fully saturated rings. The highest BCUT2D eigenvalue weighted by molar-refractivity contribution is 5.76. The molecule has 154 valence electrons. The minimum atomic E-state index is -4.01. The maximum absolute atomic E-state index is 11.7. The molecule has 2 heterocycles. The summed E-state index contributed by atoms with van der Waals surface area (Å²) in [4.78, 5) is 16.1. The third-order valence-electron chi connectivity index (χ3n) is 4.01. The van der Waals surface area contributed by atoms with Crippen molar-refractivity contribution in [2.75, 3.05) is 25.0 Å². The van der Waals surface area contributed by atoms with Crippen LogP contribution in [-0.4, -0.2) is 42.1 Å². The second kappa shape index (κ2) is 12.1. The maximum atomic E-state index is 11.7. The van der Waals surface area contributed by atoms with Crippen molar-refractivity contribution in [1.82, 2.24) is 9.88 Å². The molecule has 1 aliphatic heterocycles. The molecular weight excluding hydrogens is 367 g/mol. The van der Waals surface area contributed by atoms with Crippen LogP contribution in [0.15, 0.2) is 42.6 Å². The van der Waals surface area contributed by atoms with Gasteiger partial charge in [-0.2, -0.15) is 13.2 Å². The van der Waals surface area contributed by atoms with E-state index in [0.29, 0.717) is 19.5 Å². The zero-order valence-corrected chi connectivity index (χ0v) is 16.6. The zero-order valence-electron chi connectivity index (χ0n) is 16.6. The minimum absolute atomic E-state index is 0.611. The molecule has 28 heavy (non-hydrogen) atoms. The summed E-state index contributed by atoms with van der Waals surface area (Å²) in [5.74, 6) is 0. The smallest absolute Gasteiger partial charge is 0.329 e. The Morgan fingerprint density at radius 1 is 1.14 bits per heavy atom. The number of benzene rings is 1. The second-order valence-electron chi connectivity index (χ2n) is 6.11. The molecule has 4 nitrogen and oxygen atoms in total. The van der Waals surface area contributed by atoms with Crippen LogP contribution in [0.5, 0.6) is 0 Å². The van der Waals surface area contributed by atoms with Crippen molar-refractivity contribution >= 4 is 12.1 Å². The lowest BCUT2D eigenvalue weighted by atomic mass is 10.0. The molecule has 1 aromatic carbocycles. The molecule has 0 radical (unpaired) electrons. The molecule has 7 heteroatoms. The summed E-state index contributed by atoms with van der Waals surface area (Å²) in [6, 6.07) is 11.5. The minimum Gasteiger partial charge on any atom is -0.329 e. The van der Waals surface area contributed by atoms with Gasteiger partial charge in [0.05, 0.1) is 12.2 Å². The highest BCUT2D eigenvalue weighted by atomic mass is 19.4. The van der Waals surface area contributed by atoms with Crippen LogP contribution >= 0.6 is 0 Å². The molecule has 2 aromatic rings. The van der Waals surface area contributed by atoms with Gasteiger partial charge < -0.3 is 5.32 Å². The number of carbonyl (C=O) groups excluding carboxylic acids is 1. The first-order chi connectivity index (χ1) is 13.4. The maximum Gasteiger partial charge on any atom is 0.401 e. The number of alkyl halides is 3. The van der Waals surface area contributed by atoms with Crippen molar-refractivity contribution in [2.45, 2.75) is 39.8 Å². The van der Waals surface area contributed by atoms with Gasteiger partial charge in [-0.3, -0.25) is 14.7 Å². The fraction of sp³-hybridized carbons (Fsp3) is 0.429. The van der Waals surface area contributed by atoms with E-state index < -0.39 is 12.7 Å². The van der Waals surface area contributed by atoms with E-state index in [9.17, 15) is 18.0 Å². The average Bonchev–Trinajstić information content (AvgIpc) is 3.17. The molecule has 0 aliphatic carbocycles. The van der Waals surface area contributed by atoms with E-state index in [1.54, 1.807) is 6.20 Å². The van der Waals surface area contributed by atoms with Crippen LogP contribution < -0.4 is 5.32 Å². The first-order valence-corrected chi connectivity index (χ1v) is 9.40. The van der Waals surface area contributed by atoms with Gasteiger partial charge in [-0.25, -0.2) is 0 Å². The zero-order chi connectivity index (χ0) is 21.0. The van der Waals surface area contributed by atoms with E-state index in [0.717, 1.165) is 35.3 Å². The number of nitrogens with zero attached hydrogens (tertiary/aromatic N) is 2. The fourth-order valence-electron chi connectivity index (χ4n) is 2.77. The number of carbonyl (C=O) groups is 1. The molecule has 0 atom stereocenters. The number of nitrogens with one attached hydrogen (secondary N) is 1. The third kappa shape index (κ3) is 8.52. The van der Waals surface area contributed by atoms with Gasteiger partial charge in [0, 0.05) is 17.4 Å². The summed E-state index contributed by atoms with van der Waals surface area (Å²) in [6.45, 7) is 6.51. The summed E-state index contributed by atoms with van der Waals surface area (Å²) < 4.78 is 35.0. The highest BCUT2D eigenvalue weighted by Gasteiger charge is 2.31. The first-order valence-electron chi connectivity index (χ1n) is 9.40. The highest BCUT2D eigenvalue weighted by Crippen LogP contribution is 2.24. The number of rotatable bonds is 4. The first kappa shape index (κ1) is 23.6. The molecule has 3 rings (SSSR count). The number of hydrogen-bond donors (Lipinski definition) is 1. The quantitative estimate of drug-likeness (QED) is 0.715. The summed E-state index contributed by atoms with van der Waals surface area (Å²) in [5.41, 5.74) is 3.86.